The molecule has 0 aliphatic heterocycles. The predicted molar refractivity (Wildman–Crippen MR) is 89.0 cm³/mol. The highest BCUT2D eigenvalue weighted by atomic mass is 35.5. The van der Waals surface area contributed by atoms with Gasteiger partial charge in [0.25, 0.3) is 0 Å². The van der Waals surface area contributed by atoms with Crippen LogP contribution >= 0.6 is 12.4 Å². The molecule has 2 heterocycles. The number of aromatic nitrogens is 2. The highest BCUT2D eigenvalue weighted by molar-refractivity contribution is 5.89. The van der Waals surface area contributed by atoms with Crippen LogP contribution in [0.3, 0.4) is 0 Å². The van der Waals surface area contributed by atoms with Crippen molar-refractivity contribution < 1.29 is 9.26 Å². The second kappa shape index (κ2) is 7.13. The molecule has 3 aromatic rings. The van der Waals surface area contributed by atoms with E-state index in [1.807, 2.05) is 49.6 Å². The van der Waals surface area contributed by atoms with E-state index in [-0.39, 0.29) is 12.4 Å². The van der Waals surface area contributed by atoms with E-state index in [0.29, 0.717) is 0 Å². The molecule has 0 spiro atoms. The van der Waals surface area contributed by atoms with Crippen LogP contribution in [-0.2, 0) is 6.42 Å². The SMILES string of the molecule is COc1ccc2c(N(C)CCc3ccccn3)noc2c1.Cl. The molecule has 0 aliphatic carbocycles. The summed E-state index contributed by atoms with van der Waals surface area (Å²) in [5.41, 5.74) is 1.80. The number of hydrogen-bond donors (Lipinski definition) is 0. The first-order chi connectivity index (χ1) is 10.3. The number of fused-ring (bicyclic) bond motifs is 1. The number of halogens is 1. The largest absolute Gasteiger partial charge is 0.497 e. The summed E-state index contributed by atoms with van der Waals surface area (Å²) in [4.78, 5) is 6.41. The average molecular weight is 320 g/mol. The fraction of sp³-hybridized carbons (Fsp3) is 0.250. The third kappa shape index (κ3) is 3.31. The van der Waals surface area contributed by atoms with Gasteiger partial charge in [-0.25, -0.2) is 0 Å². The highest BCUT2D eigenvalue weighted by Crippen LogP contribution is 2.28. The smallest absolute Gasteiger partial charge is 0.179 e. The first-order valence-corrected chi connectivity index (χ1v) is 6.82. The summed E-state index contributed by atoms with van der Waals surface area (Å²) in [5.74, 6) is 1.60. The number of pyridine rings is 1. The molecule has 0 fully saturated rings. The Hall–Kier alpha value is -2.27. The highest BCUT2D eigenvalue weighted by Gasteiger charge is 2.13. The minimum atomic E-state index is 0. The molecule has 22 heavy (non-hydrogen) atoms. The maximum Gasteiger partial charge on any atom is 0.179 e. The number of anilines is 1. The second-order valence-electron chi connectivity index (χ2n) is 4.86. The summed E-state index contributed by atoms with van der Waals surface area (Å²) in [6.07, 6.45) is 2.68. The minimum absolute atomic E-state index is 0. The van der Waals surface area contributed by atoms with Crippen LogP contribution < -0.4 is 9.64 Å². The fourth-order valence-corrected chi connectivity index (χ4v) is 2.24. The molecule has 5 nitrogen and oxygen atoms in total. The molecule has 0 amide bonds. The fourth-order valence-electron chi connectivity index (χ4n) is 2.24. The van der Waals surface area contributed by atoms with Gasteiger partial charge in [-0.1, -0.05) is 11.2 Å². The number of hydrogen-bond acceptors (Lipinski definition) is 5. The van der Waals surface area contributed by atoms with Gasteiger partial charge in [-0.3, -0.25) is 4.98 Å². The third-order valence-corrected chi connectivity index (χ3v) is 3.45. The number of rotatable bonds is 5. The molecule has 0 saturated carbocycles. The van der Waals surface area contributed by atoms with Crippen molar-refractivity contribution >= 4 is 29.2 Å². The summed E-state index contributed by atoms with van der Waals surface area (Å²) >= 11 is 0. The predicted octanol–water partition coefficient (Wildman–Crippen LogP) is 3.33. The lowest BCUT2D eigenvalue weighted by atomic mass is 10.2. The first kappa shape index (κ1) is 16.1. The molecule has 3 rings (SSSR count). The van der Waals surface area contributed by atoms with Crippen molar-refractivity contribution in [2.75, 3.05) is 25.6 Å². The van der Waals surface area contributed by atoms with Crippen LogP contribution in [0, 0.1) is 0 Å². The Morgan fingerprint density at radius 3 is 2.82 bits per heavy atom. The normalized spacial score (nSPS) is 10.3. The van der Waals surface area contributed by atoms with E-state index < -0.39 is 0 Å². The van der Waals surface area contributed by atoms with Gasteiger partial charge in [0.05, 0.1) is 12.5 Å². The Morgan fingerprint density at radius 1 is 1.23 bits per heavy atom. The molecule has 0 atom stereocenters. The Morgan fingerprint density at radius 2 is 2.09 bits per heavy atom. The lowest BCUT2D eigenvalue weighted by Crippen LogP contribution is -2.21. The molecule has 0 radical (unpaired) electrons. The van der Waals surface area contributed by atoms with Gasteiger partial charge in [-0.15, -0.1) is 12.4 Å². The summed E-state index contributed by atoms with van der Waals surface area (Å²) < 4.78 is 10.6. The third-order valence-electron chi connectivity index (χ3n) is 3.45. The Kier molecular flexibility index (Phi) is 5.22. The minimum Gasteiger partial charge on any atom is -0.497 e. The molecule has 0 N–H and O–H groups in total. The molecule has 0 unspecified atom stereocenters. The van der Waals surface area contributed by atoms with E-state index >= 15 is 0 Å². The topological polar surface area (TPSA) is 51.4 Å². The van der Waals surface area contributed by atoms with Crippen LogP contribution in [0.15, 0.2) is 47.1 Å². The summed E-state index contributed by atoms with van der Waals surface area (Å²) in [5, 5.41) is 5.14. The maximum atomic E-state index is 5.38. The van der Waals surface area contributed by atoms with Gasteiger partial charge in [0, 0.05) is 38.0 Å². The lowest BCUT2D eigenvalue weighted by molar-refractivity contribution is 0.412. The van der Waals surface area contributed by atoms with Gasteiger partial charge in [-0.05, 0) is 24.3 Å². The van der Waals surface area contributed by atoms with Crippen molar-refractivity contribution in [3.8, 4) is 5.75 Å². The maximum absolute atomic E-state index is 5.38. The Labute approximate surface area is 135 Å². The number of nitrogens with zero attached hydrogens (tertiary/aromatic N) is 3. The summed E-state index contributed by atoms with van der Waals surface area (Å²) in [7, 11) is 3.64. The van der Waals surface area contributed by atoms with E-state index in [0.717, 1.165) is 41.2 Å². The summed E-state index contributed by atoms with van der Waals surface area (Å²) in [6.45, 7) is 0.824. The van der Waals surface area contributed by atoms with Crippen molar-refractivity contribution in [1.29, 1.82) is 0 Å². The van der Waals surface area contributed by atoms with Crippen molar-refractivity contribution in [2.45, 2.75) is 6.42 Å². The van der Waals surface area contributed by atoms with E-state index in [9.17, 15) is 0 Å². The van der Waals surface area contributed by atoms with Crippen LogP contribution in [0.1, 0.15) is 5.69 Å². The molecule has 6 heteroatoms. The number of methoxy groups -OCH3 is 1. The first-order valence-electron chi connectivity index (χ1n) is 6.82. The second-order valence-corrected chi connectivity index (χ2v) is 4.86. The molecule has 2 aromatic heterocycles. The van der Waals surface area contributed by atoms with Crippen LogP contribution in [0.25, 0.3) is 11.0 Å². The van der Waals surface area contributed by atoms with Gasteiger partial charge in [-0.2, -0.15) is 0 Å². The molecule has 0 saturated heterocycles. The van der Waals surface area contributed by atoms with Crippen LogP contribution in [0.4, 0.5) is 5.82 Å². The van der Waals surface area contributed by atoms with Crippen molar-refractivity contribution in [3.05, 3.63) is 48.3 Å². The molecule has 0 bridgehead atoms. The summed E-state index contributed by atoms with van der Waals surface area (Å²) in [6, 6.07) is 11.7. The monoisotopic (exact) mass is 319 g/mol. The van der Waals surface area contributed by atoms with Gasteiger partial charge >= 0.3 is 0 Å². The molecular weight excluding hydrogens is 302 g/mol. The Balaban J connectivity index is 0.00000176. The lowest BCUT2D eigenvalue weighted by Gasteiger charge is -2.15. The van der Waals surface area contributed by atoms with E-state index in [1.165, 1.54) is 0 Å². The van der Waals surface area contributed by atoms with Crippen molar-refractivity contribution in [1.82, 2.24) is 10.1 Å². The van der Waals surface area contributed by atoms with Crippen LogP contribution in [0.2, 0.25) is 0 Å². The van der Waals surface area contributed by atoms with Gasteiger partial charge in [0.15, 0.2) is 11.4 Å². The molecule has 1 aromatic carbocycles. The van der Waals surface area contributed by atoms with Crippen molar-refractivity contribution in [2.24, 2.45) is 0 Å². The number of benzene rings is 1. The van der Waals surface area contributed by atoms with Gasteiger partial charge < -0.3 is 14.2 Å². The number of likely N-dealkylation sites (N-methyl/N-ethyl adjacent to an activating group) is 1. The van der Waals surface area contributed by atoms with E-state index in [1.54, 1.807) is 7.11 Å². The molecular formula is C16H18ClN3O2. The van der Waals surface area contributed by atoms with Crippen molar-refractivity contribution in [3.63, 3.8) is 0 Å². The zero-order valence-corrected chi connectivity index (χ0v) is 13.3. The van der Waals surface area contributed by atoms with E-state index in [2.05, 4.69) is 15.0 Å². The average Bonchev–Trinajstić information content (AvgIpc) is 2.96. The number of ether oxygens (including phenoxy) is 1. The van der Waals surface area contributed by atoms with E-state index in [4.69, 9.17) is 9.26 Å². The Bertz CT molecular complexity index is 731. The quantitative estimate of drug-likeness (QED) is 0.722. The molecule has 0 aliphatic rings. The van der Waals surface area contributed by atoms with Crippen LogP contribution in [-0.4, -0.2) is 30.8 Å². The zero-order chi connectivity index (χ0) is 14.7. The van der Waals surface area contributed by atoms with Gasteiger partial charge in [0.2, 0.25) is 0 Å². The van der Waals surface area contributed by atoms with Gasteiger partial charge in [0.1, 0.15) is 5.75 Å². The van der Waals surface area contributed by atoms with Crippen LogP contribution in [0.5, 0.6) is 5.75 Å². The molecule has 116 valence electrons. The zero-order valence-electron chi connectivity index (χ0n) is 12.5. The standard InChI is InChI=1S/C16H17N3O2.ClH/c1-19(10-8-12-5-3-4-9-17-12)16-14-7-6-13(20-2)11-15(14)21-18-16;/h3-7,9,11H,8,10H2,1-2H3;1H.